The van der Waals surface area contributed by atoms with Gasteiger partial charge >= 0.3 is 0 Å². The van der Waals surface area contributed by atoms with Crippen molar-refractivity contribution in [1.82, 2.24) is 0 Å². The van der Waals surface area contributed by atoms with E-state index in [4.69, 9.17) is 0 Å². The van der Waals surface area contributed by atoms with Crippen LogP contribution in [0.1, 0.15) is 50.8 Å². The van der Waals surface area contributed by atoms with Crippen LogP contribution in [0.3, 0.4) is 0 Å². The highest BCUT2D eigenvalue weighted by Crippen LogP contribution is 2.29. The van der Waals surface area contributed by atoms with E-state index in [1.165, 1.54) is 6.92 Å². The molecule has 4 heteroatoms. The molecule has 0 atom stereocenters. The predicted octanol–water partition coefficient (Wildman–Crippen LogP) is 4.98. The molecule has 4 nitrogen and oxygen atoms in total. The summed E-state index contributed by atoms with van der Waals surface area (Å²) in [5.41, 5.74) is 4.89. The summed E-state index contributed by atoms with van der Waals surface area (Å²) >= 11 is 0. The Kier molecular flexibility index (Phi) is 6.42. The Morgan fingerprint density at radius 2 is 1.59 bits per heavy atom. The number of hydrogen-bond acceptors (Lipinski definition) is 2. The molecule has 2 aromatic carbocycles. The SMILES string of the molecule is CC(=O)N(CCC(=O)Nc1ccccc1C(C)(C)C)c1cc(C)cc(C)c1. The van der Waals surface area contributed by atoms with Crippen LogP contribution in [-0.2, 0) is 15.0 Å². The molecular weight excluding hydrogens is 336 g/mol. The van der Waals surface area contributed by atoms with Crippen molar-refractivity contribution in [2.75, 3.05) is 16.8 Å². The van der Waals surface area contributed by atoms with Gasteiger partial charge in [-0.15, -0.1) is 0 Å². The number of rotatable bonds is 5. The Balaban J connectivity index is 2.11. The lowest BCUT2D eigenvalue weighted by molar-refractivity contribution is -0.117. The number of nitrogens with one attached hydrogen (secondary N) is 1. The minimum absolute atomic E-state index is 0.0611. The number of nitrogens with zero attached hydrogens (tertiary/aromatic N) is 1. The summed E-state index contributed by atoms with van der Waals surface area (Å²) in [5.74, 6) is -0.162. The molecule has 0 aromatic heterocycles. The van der Waals surface area contributed by atoms with Crippen LogP contribution in [0.4, 0.5) is 11.4 Å². The van der Waals surface area contributed by atoms with Crippen molar-refractivity contribution in [3.05, 3.63) is 59.2 Å². The van der Waals surface area contributed by atoms with Crippen LogP contribution in [-0.4, -0.2) is 18.4 Å². The van der Waals surface area contributed by atoms with Crippen LogP contribution in [0.15, 0.2) is 42.5 Å². The Labute approximate surface area is 162 Å². The Bertz CT molecular complexity index is 814. The molecule has 0 spiro atoms. The minimum atomic E-state index is -0.0951. The van der Waals surface area contributed by atoms with Gasteiger partial charge in [0.2, 0.25) is 11.8 Å². The van der Waals surface area contributed by atoms with E-state index in [2.05, 4.69) is 32.2 Å². The van der Waals surface area contributed by atoms with E-state index < -0.39 is 0 Å². The Hall–Kier alpha value is -2.62. The van der Waals surface area contributed by atoms with E-state index in [0.29, 0.717) is 6.54 Å². The molecule has 27 heavy (non-hydrogen) atoms. The maximum absolute atomic E-state index is 12.5. The molecule has 2 aromatic rings. The normalized spacial score (nSPS) is 11.2. The number of para-hydroxylation sites is 1. The zero-order valence-corrected chi connectivity index (χ0v) is 17.2. The topological polar surface area (TPSA) is 49.4 Å². The lowest BCUT2D eigenvalue weighted by Gasteiger charge is -2.24. The molecule has 144 valence electrons. The van der Waals surface area contributed by atoms with Gasteiger partial charge in [-0.1, -0.05) is 45.0 Å². The van der Waals surface area contributed by atoms with Crippen molar-refractivity contribution in [2.45, 2.75) is 53.4 Å². The quantitative estimate of drug-likeness (QED) is 0.811. The zero-order valence-electron chi connectivity index (χ0n) is 17.2. The molecule has 0 aliphatic rings. The fourth-order valence-electron chi connectivity index (χ4n) is 3.25. The van der Waals surface area contributed by atoms with Gasteiger partial charge in [-0.2, -0.15) is 0 Å². The van der Waals surface area contributed by atoms with Gasteiger partial charge in [-0.3, -0.25) is 9.59 Å². The van der Waals surface area contributed by atoms with E-state index in [1.807, 2.05) is 50.2 Å². The van der Waals surface area contributed by atoms with Crippen molar-refractivity contribution in [3.8, 4) is 0 Å². The van der Waals surface area contributed by atoms with Gasteiger partial charge in [-0.05, 0) is 54.2 Å². The first kappa shape index (κ1) is 20.7. The smallest absolute Gasteiger partial charge is 0.226 e. The Morgan fingerprint density at radius 1 is 1.00 bits per heavy atom. The summed E-state index contributed by atoms with van der Waals surface area (Å²) in [6.45, 7) is 12.3. The maximum atomic E-state index is 12.5. The Morgan fingerprint density at radius 3 is 2.15 bits per heavy atom. The molecule has 2 rings (SSSR count). The standard InChI is InChI=1S/C23H30N2O2/c1-16-13-17(2)15-19(14-16)25(18(3)26)12-11-22(27)24-21-10-8-7-9-20(21)23(4,5)6/h7-10,13-15H,11-12H2,1-6H3,(H,24,27). The van der Waals surface area contributed by atoms with Crippen LogP contribution in [0.25, 0.3) is 0 Å². The minimum Gasteiger partial charge on any atom is -0.326 e. The third-order valence-corrected chi connectivity index (χ3v) is 4.47. The molecular formula is C23H30N2O2. The van der Waals surface area contributed by atoms with Crippen LogP contribution in [0.5, 0.6) is 0 Å². The molecule has 0 saturated carbocycles. The molecule has 0 aliphatic heterocycles. The number of hydrogen-bond donors (Lipinski definition) is 1. The highest BCUT2D eigenvalue weighted by Gasteiger charge is 2.19. The average Bonchev–Trinajstić information content (AvgIpc) is 2.53. The van der Waals surface area contributed by atoms with Gasteiger partial charge in [0.25, 0.3) is 0 Å². The molecule has 1 N–H and O–H groups in total. The second kappa shape index (κ2) is 8.38. The molecule has 0 unspecified atom stereocenters. The van der Waals surface area contributed by atoms with E-state index in [-0.39, 0.29) is 23.7 Å². The first-order valence-electron chi connectivity index (χ1n) is 9.33. The van der Waals surface area contributed by atoms with Gasteiger partial charge in [0.1, 0.15) is 0 Å². The maximum Gasteiger partial charge on any atom is 0.226 e. The monoisotopic (exact) mass is 366 g/mol. The fourth-order valence-corrected chi connectivity index (χ4v) is 3.25. The van der Waals surface area contributed by atoms with Crippen molar-refractivity contribution >= 4 is 23.2 Å². The number of aryl methyl sites for hydroxylation is 2. The van der Waals surface area contributed by atoms with E-state index in [9.17, 15) is 9.59 Å². The molecule has 0 fully saturated rings. The molecule has 0 aliphatic carbocycles. The second-order valence-electron chi connectivity index (χ2n) is 8.11. The van der Waals surface area contributed by atoms with E-state index >= 15 is 0 Å². The van der Waals surface area contributed by atoms with Crippen LogP contribution in [0.2, 0.25) is 0 Å². The average molecular weight is 367 g/mol. The summed E-state index contributed by atoms with van der Waals surface area (Å²) in [7, 11) is 0. The zero-order chi connectivity index (χ0) is 20.2. The van der Waals surface area contributed by atoms with Gasteiger partial charge < -0.3 is 10.2 Å². The summed E-state index contributed by atoms with van der Waals surface area (Å²) < 4.78 is 0. The second-order valence-corrected chi connectivity index (χ2v) is 8.11. The number of carbonyl (C=O) groups is 2. The van der Waals surface area contributed by atoms with Crippen molar-refractivity contribution in [1.29, 1.82) is 0 Å². The lowest BCUT2D eigenvalue weighted by atomic mass is 9.86. The van der Waals surface area contributed by atoms with Crippen molar-refractivity contribution < 1.29 is 9.59 Å². The number of anilines is 2. The van der Waals surface area contributed by atoms with Gasteiger partial charge in [-0.25, -0.2) is 0 Å². The summed E-state index contributed by atoms with van der Waals surface area (Å²) in [6.07, 6.45) is 0.241. The molecule has 0 bridgehead atoms. The highest BCUT2D eigenvalue weighted by molar-refractivity contribution is 5.95. The molecule has 0 radical (unpaired) electrons. The largest absolute Gasteiger partial charge is 0.326 e. The van der Waals surface area contributed by atoms with Gasteiger partial charge in [0.05, 0.1) is 0 Å². The fraction of sp³-hybridized carbons (Fsp3) is 0.391. The molecule has 0 heterocycles. The van der Waals surface area contributed by atoms with Crippen LogP contribution >= 0.6 is 0 Å². The third kappa shape index (κ3) is 5.68. The van der Waals surface area contributed by atoms with Crippen LogP contribution in [0, 0.1) is 13.8 Å². The molecule has 0 saturated heterocycles. The van der Waals surface area contributed by atoms with E-state index in [0.717, 1.165) is 28.1 Å². The summed E-state index contributed by atoms with van der Waals surface area (Å²) in [5, 5.41) is 3.01. The van der Waals surface area contributed by atoms with Crippen molar-refractivity contribution in [3.63, 3.8) is 0 Å². The van der Waals surface area contributed by atoms with E-state index in [1.54, 1.807) is 4.90 Å². The molecule has 2 amide bonds. The van der Waals surface area contributed by atoms with Gasteiger partial charge in [0.15, 0.2) is 0 Å². The van der Waals surface area contributed by atoms with Crippen LogP contribution < -0.4 is 10.2 Å². The van der Waals surface area contributed by atoms with Crippen molar-refractivity contribution in [2.24, 2.45) is 0 Å². The third-order valence-electron chi connectivity index (χ3n) is 4.47. The lowest BCUT2D eigenvalue weighted by Crippen LogP contribution is -2.32. The first-order valence-corrected chi connectivity index (χ1v) is 9.33. The first-order chi connectivity index (χ1) is 12.6. The number of carbonyl (C=O) groups excluding carboxylic acids is 2. The summed E-state index contributed by atoms with van der Waals surface area (Å²) in [6, 6.07) is 13.9. The highest BCUT2D eigenvalue weighted by atomic mass is 16.2. The summed E-state index contributed by atoms with van der Waals surface area (Å²) in [4.78, 5) is 26.3. The number of benzene rings is 2. The predicted molar refractivity (Wildman–Crippen MR) is 112 cm³/mol. The number of amides is 2. The van der Waals surface area contributed by atoms with Gasteiger partial charge in [0, 0.05) is 31.3 Å².